The third-order valence-electron chi connectivity index (χ3n) is 5.04. The molecule has 0 spiro atoms. The van der Waals surface area contributed by atoms with Crippen molar-refractivity contribution < 1.29 is 0 Å². The second kappa shape index (κ2) is 9.74. The van der Waals surface area contributed by atoms with Crippen LogP contribution in [0.5, 0.6) is 0 Å². The minimum atomic E-state index is 0.446. The SMILES string of the molecule is CCNC(=NCC(C)c1ccsc1)NC1CCN(c2ccc(C)cn2)CC1. The van der Waals surface area contributed by atoms with Crippen molar-refractivity contribution in [1.29, 1.82) is 0 Å². The molecule has 3 rings (SSSR count). The van der Waals surface area contributed by atoms with Crippen molar-refractivity contribution in [3.8, 4) is 0 Å². The number of nitrogens with one attached hydrogen (secondary N) is 2. The zero-order valence-electron chi connectivity index (χ0n) is 16.6. The van der Waals surface area contributed by atoms with Crippen LogP contribution in [0.4, 0.5) is 5.82 Å². The molecule has 2 aromatic heterocycles. The second-order valence-electron chi connectivity index (χ2n) is 7.28. The van der Waals surface area contributed by atoms with Crippen LogP contribution in [-0.4, -0.2) is 43.2 Å². The van der Waals surface area contributed by atoms with Crippen LogP contribution in [-0.2, 0) is 0 Å². The molecule has 1 saturated heterocycles. The smallest absolute Gasteiger partial charge is 0.191 e. The van der Waals surface area contributed by atoms with Crippen molar-refractivity contribution in [2.45, 2.75) is 45.6 Å². The van der Waals surface area contributed by atoms with Gasteiger partial charge in [-0.15, -0.1) is 0 Å². The fraction of sp³-hybridized carbons (Fsp3) is 0.524. The summed E-state index contributed by atoms with van der Waals surface area (Å²) in [5, 5.41) is 11.4. The Morgan fingerprint density at radius 2 is 2.15 bits per heavy atom. The van der Waals surface area contributed by atoms with E-state index in [0.29, 0.717) is 12.0 Å². The number of thiophene rings is 1. The number of aryl methyl sites for hydroxylation is 1. The average Bonchev–Trinajstić information content (AvgIpc) is 3.22. The maximum absolute atomic E-state index is 4.82. The summed E-state index contributed by atoms with van der Waals surface area (Å²) in [4.78, 5) is 11.8. The minimum absolute atomic E-state index is 0.446. The highest BCUT2D eigenvalue weighted by Gasteiger charge is 2.21. The average molecular weight is 386 g/mol. The number of aliphatic imine (C=N–C) groups is 1. The lowest BCUT2D eigenvalue weighted by Crippen LogP contribution is -2.49. The van der Waals surface area contributed by atoms with Gasteiger partial charge in [-0.1, -0.05) is 13.0 Å². The Labute approximate surface area is 166 Å². The van der Waals surface area contributed by atoms with Crippen molar-refractivity contribution in [1.82, 2.24) is 15.6 Å². The van der Waals surface area contributed by atoms with Gasteiger partial charge in [0.2, 0.25) is 0 Å². The molecular formula is C21H31N5S. The molecule has 0 amide bonds. The molecule has 5 nitrogen and oxygen atoms in total. The van der Waals surface area contributed by atoms with Gasteiger partial charge in [0.1, 0.15) is 5.82 Å². The van der Waals surface area contributed by atoms with E-state index in [9.17, 15) is 0 Å². The van der Waals surface area contributed by atoms with Gasteiger partial charge in [-0.2, -0.15) is 11.3 Å². The first-order valence-electron chi connectivity index (χ1n) is 9.90. The Morgan fingerprint density at radius 1 is 1.33 bits per heavy atom. The van der Waals surface area contributed by atoms with E-state index in [2.05, 4.69) is 70.2 Å². The lowest BCUT2D eigenvalue weighted by Gasteiger charge is -2.34. The fourth-order valence-electron chi connectivity index (χ4n) is 3.30. The van der Waals surface area contributed by atoms with Gasteiger partial charge in [0.15, 0.2) is 5.96 Å². The minimum Gasteiger partial charge on any atom is -0.357 e. The number of piperidine rings is 1. The number of anilines is 1. The maximum Gasteiger partial charge on any atom is 0.191 e. The molecule has 1 fully saturated rings. The summed E-state index contributed by atoms with van der Waals surface area (Å²) in [6.07, 6.45) is 4.14. The molecule has 0 saturated carbocycles. The molecule has 0 bridgehead atoms. The summed E-state index contributed by atoms with van der Waals surface area (Å²) in [5.41, 5.74) is 2.58. The molecule has 0 aromatic carbocycles. The van der Waals surface area contributed by atoms with Crippen LogP contribution in [0.1, 0.15) is 43.7 Å². The van der Waals surface area contributed by atoms with Gasteiger partial charge < -0.3 is 15.5 Å². The predicted molar refractivity (Wildman–Crippen MR) is 116 cm³/mol. The lowest BCUT2D eigenvalue weighted by atomic mass is 10.0. The van der Waals surface area contributed by atoms with Crippen LogP contribution < -0.4 is 15.5 Å². The van der Waals surface area contributed by atoms with E-state index in [4.69, 9.17) is 4.99 Å². The normalized spacial score (nSPS) is 17.0. The van der Waals surface area contributed by atoms with E-state index in [1.807, 2.05) is 6.20 Å². The number of pyridine rings is 1. The molecule has 2 N–H and O–H groups in total. The second-order valence-corrected chi connectivity index (χ2v) is 8.06. The fourth-order valence-corrected chi connectivity index (χ4v) is 4.08. The molecule has 1 aliphatic rings. The van der Waals surface area contributed by atoms with Crippen LogP contribution in [0.25, 0.3) is 0 Å². The number of nitrogens with zero attached hydrogens (tertiary/aromatic N) is 3. The van der Waals surface area contributed by atoms with Gasteiger partial charge >= 0.3 is 0 Å². The molecule has 146 valence electrons. The van der Waals surface area contributed by atoms with Gasteiger partial charge in [-0.05, 0) is 60.7 Å². The molecular weight excluding hydrogens is 354 g/mol. The quantitative estimate of drug-likeness (QED) is 0.587. The Hall–Kier alpha value is -2.08. The summed E-state index contributed by atoms with van der Waals surface area (Å²) >= 11 is 1.75. The molecule has 1 atom stereocenters. The Balaban J connectivity index is 1.51. The zero-order valence-corrected chi connectivity index (χ0v) is 17.4. The third kappa shape index (κ3) is 5.70. The van der Waals surface area contributed by atoms with E-state index in [-0.39, 0.29) is 0 Å². The highest BCUT2D eigenvalue weighted by Crippen LogP contribution is 2.19. The van der Waals surface area contributed by atoms with Crippen LogP contribution >= 0.6 is 11.3 Å². The van der Waals surface area contributed by atoms with E-state index in [1.165, 1.54) is 11.1 Å². The van der Waals surface area contributed by atoms with E-state index >= 15 is 0 Å². The Kier molecular flexibility index (Phi) is 7.10. The monoisotopic (exact) mass is 385 g/mol. The van der Waals surface area contributed by atoms with Crippen molar-refractivity contribution in [3.63, 3.8) is 0 Å². The summed E-state index contributed by atoms with van der Waals surface area (Å²) in [7, 11) is 0. The summed E-state index contributed by atoms with van der Waals surface area (Å²) < 4.78 is 0. The molecule has 6 heteroatoms. The first kappa shape index (κ1) is 19.7. The first-order valence-corrected chi connectivity index (χ1v) is 10.8. The van der Waals surface area contributed by atoms with Crippen molar-refractivity contribution in [3.05, 3.63) is 46.3 Å². The van der Waals surface area contributed by atoms with Gasteiger partial charge in [0, 0.05) is 44.3 Å². The first-order chi connectivity index (χ1) is 13.2. The zero-order chi connectivity index (χ0) is 19.1. The van der Waals surface area contributed by atoms with Crippen LogP contribution in [0.3, 0.4) is 0 Å². The Morgan fingerprint density at radius 3 is 2.78 bits per heavy atom. The van der Waals surface area contributed by atoms with Crippen LogP contribution in [0, 0.1) is 6.92 Å². The molecule has 3 heterocycles. The molecule has 0 radical (unpaired) electrons. The van der Waals surface area contributed by atoms with E-state index < -0.39 is 0 Å². The Bertz CT molecular complexity index is 703. The molecule has 0 aliphatic carbocycles. The standard InChI is InChI=1S/C21H31N5S/c1-4-22-21(24-14-17(3)18-9-12-27-15-18)25-19-7-10-26(11-8-19)20-6-5-16(2)13-23-20/h5-6,9,12-13,15,17,19H,4,7-8,10-11,14H2,1-3H3,(H2,22,24,25). The summed E-state index contributed by atoms with van der Waals surface area (Å²) in [5.74, 6) is 2.47. The van der Waals surface area contributed by atoms with Gasteiger partial charge in [-0.25, -0.2) is 4.98 Å². The number of rotatable bonds is 6. The molecule has 2 aromatic rings. The van der Waals surface area contributed by atoms with Crippen molar-refractivity contribution in [2.75, 3.05) is 31.1 Å². The van der Waals surface area contributed by atoms with Crippen LogP contribution in [0.15, 0.2) is 40.1 Å². The highest BCUT2D eigenvalue weighted by molar-refractivity contribution is 7.07. The highest BCUT2D eigenvalue weighted by atomic mass is 32.1. The van der Waals surface area contributed by atoms with Crippen LogP contribution in [0.2, 0.25) is 0 Å². The van der Waals surface area contributed by atoms with Crippen molar-refractivity contribution >= 4 is 23.1 Å². The van der Waals surface area contributed by atoms with Gasteiger partial charge in [0.25, 0.3) is 0 Å². The van der Waals surface area contributed by atoms with E-state index in [0.717, 1.165) is 50.8 Å². The molecule has 27 heavy (non-hydrogen) atoms. The maximum atomic E-state index is 4.82. The van der Waals surface area contributed by atoms with Gasteiger partial charge in [-0.3, -0.25) is 4.99 Å². The number of hydrogen-bond donors (Lipinski definition) is 2. The topological polar surface area (TPSA) is 52.6 Å². The lowest BCUT2D eigenvalue weighted by molar-refractivity contribution is 0.459. The summed E-state index contributed by atoms with van der Waals surface area (Å²) in [6, 6.07) is 6.92. The number of hydrogen-bond acceptors (Lipinski definition) is 4. The number of aromatic nitrogens is 1. The third-order valence-corrected chi connectivity index (χ3v) is 5.74. The largest absolute Gasteiger partial charge is 0.357 e. The molecule has 1 unspecified atom stereocenters. The van der Waals surface area contributed by atoms with Crippen molar-refractivity contribution in [2.24, 2.45) is 4.99 Å². The predicted octanol–water partition coefficient (Wildman–Crippen LogP) is 3.78. The van der Waals surface area contributed by atoms with E-state index in [1.54, 1.807) is 11.3 Å². The molecule has 1 aliphatic heterocycles. The van der Waals surface area contributed by atoms with Gasteiger partial charge in [0.05, 0.1) is 0 Å². The number of guanidine groups is 1. The summed E-state index contributed by atoms with van der Waals surface area (Å²) in [6.45, 7) is 10.2.